The van der Waals surface area contributed by atoms with Gasteiger partial charge in [0, 0.05) is 35.1 Å². The number of hydrogen-bond acceptors (Lipinski definition) is 4. The first-order valence-corrected chi connectivity index (χ1v) is 9.91. The minimum Gasteiger partial charge on any atom is -0.454 e. The predicted molar refractivity (Wildman–Crippen MR) is 99.0 cm³/mol. The molecule has 0 spiro atoms. The third-order valence-corrected chi connectivity index (χ3v) is 6.13. The van der Waals surface area contributed by atoms with Crippen molar-refractivity contribution in [2.45, 2.75) is 24.2 Å². The normalized spacial score (nSPS) is 14.0. The Labute approximate surface area is 156 Å². The fraction of sp³-hybridized carbons (Fsp3) is 0.263. The van der Waals surface area contributed by atoms with Crippen molar-refractivity contribution in [2.75, 3.05) is 13.3 Å². The summed E-state index contributed by atoms with van der Waals surface area (Å²) < 4.78 is 52.1. The number of rotatable bonds is 5. The molecule has 8 heteroatoms. The van der Waals surface area contributed by atoms with Crippen LogP contribution < -0.4 is 14.2 Å². The topological polar surface area (TPSA) is 80.4 Å². The second-order valence-corrected chi connectivity index (χ2v) is 8.88. The summed E-state index contributed by atoms with van der Waals surface area (Å²) in [5.74, 6) is 0.597. The Morgan fingerprint density at radius 1 is 1.15 bits per heavy atom. The Morgan fingerprint density at radius 3 is 2.74 bits per heavy atom. The van der Waals surface area contributed by atoms with Gasteiger partial charge in [0.1, 0.15) is 5.82 Å². The van der Waals surface area contributed by atoms with Gasteiger partial charge in [-0.05, 0) is 35.9 Å². The van der Waals surface area contributed by atoms with Crippen LogP contribution in [-0.4, -0.2) is 26.7 Å². The molecule has 1 aliphatic rings. The first-order valence-electron chi connectivity index (χ1n) is 8.43. The fourth-order valence-corrected chi connectivity index (χ4v) is 4.38. The van der Waals surface area contributed by atoms with Gasteiger partial charge in [0.15, 0.2) is 11.5 Å². The zero-order chi connectivity index (χ0) is 19.2. The van der Waals surface area contributed by atoms with E-state index in [0.29, 0.717) is 11.5 Å². The van der Waals surface area contributed by atoms with Crippen LogP contribution in [0.1, 0.15) is 19.4 Å². The molecule has 6 nitrogen and oxygen atoms in total. The Morgan fingerprint density at radius 2 is 1.93 bits per heavy atom. The molecule has 0 radical (unpaired) electrons. The molecule has 1 aromatic heterocycles. The van der Waals surface area contributed by atoms with Crippen molar-refractivity contribution in [3.63, 3.8) is 0 Å². The molecule has 0 saturated heterocycles. The second-order valence-electron chi connectivity index (χ2n) is 7.12. The van der Waals surface area contributed by atoms with E-state index in [1.54, 1.807) is 18.3 Å². The van der Waals surface area contributed by atoms with Gasteiger partial charge >= 0.3 is 0 Å². The van der Waals surface area contributed by atoms with Crippen molar-refractivity contribution in [3.05, 3.63) is 54.0 Å². The lowest BCUT2D eigenvalue weighted by Gasteiger charge is -2.25. The van der Waals surface area contributed by atoms with Crippen LogP contribution in [0.5, 0.6) is 11.5 Å². The molecule has 0 atom stereocenters. The first kappa shape index (κ1) is 17.8. The average molecular weight is 390 g/mol. The van der Waals surface area contributed by atoms with E-state index in [-0.39, 0.29) is 24.1 Å². The lowest BCUT2D eigenvalue weighted by Crippen LogP contribution is -2.36. The highest BCUT2D eigenvalue weighted by Gasteiger charge is 2.28. The van der Waals surface area contributed by atoms with Crippen molar-refractivity contribution >= 4 is 20.9 Å². The minimum absolute atomic E-state index is 0.0798. The van der Waals surface area contributed by atoms with Gasteiger partial charge in [0.05, 0.1) is 4.90 Å². The van der Waals surface area contributed by atoms with E-state index >= 15 is 0 Å². The summed E-state index contributed by atoms with van der Waals surface area (Å²) >= 11 is 0. The summed E-state index contributed by atoms with van der Waals surface area (Å²) in [4.78, 5) is 3.21. The Bertz CT molecular complexity index is 1120. The van der Waals surface area contributed by atoms with Gasteiger partial charge in [-0.25, -0.2) is 17.5 Å². The van der Waals surface area contributed by atoms with Crippen molar-refractivity contribution in [2.24, 2.45) is 0 Å². The van der Waals surface area contributed by atoms with Crippen LogP contribution in [0.3, 0.4) is 0 Å². The van der Waals surface area contributed by atoms with E-state index in [0.717, 1.165) is 16.5 Å². The quantitative estimate of drug-likeness (QED) is 0.701. The molecular formula is C19H19FN2O4S. The molecule has 0 bridgehead atoms. The molecule has 3 aromatic rings. The van der Waals surface area contributed by atoms with Gasteiger partial charge in [-0.3, -0.25) is 0 Å². The number of ether oxygens (including phenoxy) is 2. The molecule has 0 unspecified atom stereocenters. The maximum atomic E-state index is 13.6. The summed E-state index contributed by atoms with van der Waals surface area (Å²) in [6.07, 6.45) is 1.79. The van der Waals surface area contributed by atoms with Gasteiger partial charge in [0.25, 0.3) is 0 Å². The number of H-pyrrole nitrogens is 1. The summed E-state index contributed by atoms with van der Waals surface area (Å²) in [5.41, 5.74) is 1.08. The molecule has 0 saturated carbocycles. The summed E-state index contributed by atoms with van der Waals surface area (Å²) in [5, 5.41) is 0.738. The SMILES string of the molecule is CC(C)(CNS(=O)(=O)c1ccc2c(c1)OCO2)c1c[nH]c2ccc(F)cc12. The Hall–Kier alpha value is -2.58. The monoisotopic (exact) mass is 390 g/mol. The molecule has 142 valence electrons. The summed E-state index contributed by atoms with van der Waals surface area (Å²) in [6.45, 7) is 4.04. The second kappa shape index (κ2) is 6.24. The highest BCUT2D eigenvalue weighted by atomic mass is 32.2. The number of nitrogens with one attached hydrogen (secondary N) is 2. The maximum absolute atomic E-state index is 13.6. The Balaban J connectivity index is 1.58. The first-order chi connectivity index (χ1) is 12.8. The molecular weight excluding hydrogens is 371 g/mol. The molecule has 1 aliphatic heterocycles. The van der Waals surface area contributed by atoms with Crippen molar-refractivity contribution in [1.82, 2.24) is 9.71 Å². The third-order valence-electron chi connectivity index (χ3n) is 4.73. The number of hydrogen-bond donors (Lipinski definition) is 2. The van der Waals surface area contributed by atoms with E-state index in [1.165, 1.54) is 24.3 Å². The number of aromatic amines is 1. The molecule has 27 heavy (non-hydrogen) atoms. The van der Waals surface area contributed by atoms with Crippen LogP contribution in [-0.2, 0) is 15.4 Å². The minimum atomic E-state index is -3.74. The third kappa shape index (κ3) is 3.26. The van der Waals surface area contributed by atoms with Gasteiger partial charge in [-0.15, -0.1) is 0 Å². The smallest absolute Gasteiger partial charge is 0.240 e. The van der Waals surface area contributed by atoms with Crippen molar-refractivity contribution < 1.29 is 22.3 Å². The van der Waals surface area contributed by atoms with E-state index in [1.807, 2.05) is 13.8 Å². The molecule has 0 aliphatic carbocycles. The van der Waals surface area contributed by atoms with E-state index < -0.39 is 15.4 Å². The lowest BCUT2D eigenvalue weighted by atomic mass is 9.85. The van der Waals surface area contributed by atoms with Crippen LogP contribution in [0.4, 0.5) is 4.39 Å². The van der Waals surface area contributed by atoms with E-state index in [2.05, 4.69) is 9.71 Å². The lowest BCUT2D eigenvalue weighted by molar-refractivity contribution is 0.174. The van der Waals surface area contributed by atoms with Crippen LogP contribution in [0, 0.1) is 5.82 Å². The number of fused-ring (bicyclic) bond motifs is 2. The number of halogens is 1. The summed E-state index contributed by atoms with van der Waals surface area (Å²) in [6, 6.07) is 9.00. The van der Waals surface area contributed by atoms with Gasteiger partial charge in [-0.1, -0.05) is 13.8 Å². The van der Waals surface area contributed by atoms with Gasteiger partial charge in [-0.2, -0.15) is 0 Å². The zero-order valence-electron chi connectivity index (χ0n) is 14.9. The van der Waals surface area contributed by atoms with Crippen molar-refractivity contribution in [1.29, 1.82) is 0 Å². The largest absolute Gasteiger partial charge is 0.454 e. The zero-order valence-corrected chi connectivity index (χ0v) is 15.7. The number of aromatic nitrogens is 1. The fourth-order valence-electron chi connectivity index (χ4n) is 3.15. The number of benzene rings is 2. The van der Waals surface area contributed by atoms with Crippen molar-refractivity contribution in [3.8, 4) is 11.5 Å². The molecule has 0 fully saturated rings. The maximum Gasteiger partial charge on any atom is 0.240 e. The van der Waals surface area contributed by atoms with E-state index in [4.69, 9.17) is 9.47 Å². The summed E-state index contributed by atoms with van der Waals surface area (Å²) in [7, 11) is -3.74. The molecule has 0 amide bonds. The van der Waals surface area contributed by atoms with Gasteiger partial charge < -0.3 is 14.5 Å². The molecule has 2 heterocycles. The van der Waals surface area contributed by atoms with Gasteiger partial charge in [0.2, 0.25) is 16.8 Å². The molecule has 4 rings (SSSR count). The van der Waals surface area contributed by atoms with Crippen LogP contribution in [0.15, 0.2) is 47.5 Å². The van der Waals surface area contributed by atoms with E-state index in [9.17, 15) is 12.8 Å². The molecule has 2 N–H and O–H groups in total. The highest BCUT2D eigenvalue weighted by Crippen LogP contribution is 2.34. The van der Waals surface area contributed by atoms with Crippen LogP contribution in [0.25, 0.3) is 10.9 Å². The standard InChI is InChI=1S/C19H19FN2O4S/c1-19(2,15-9-21-16-5-3-12(20)7-14(15)16)10-22-27(23,24)13-4-6-17-18(8-13)26-11-25-17/h3-9,21-22H,10-11H2,1-2H3. The number of sulfonamides is 1. The average Bonchev–Trinajstić information content (AvgIpc) is 3.26. The Kier molecular flexibility index (Phi) is 4.12. The highest BCUT2D eigenvalue weighted by molar-refractivity contribution is 7.89. The van der Waals surface area contributed by atoms with Crippen LogP contribution >= 0.6 is 0 Å². The van der Waals surface area contributed by atoms with Crippen LogP contribution in [0.2, 0.25) is 0 Å². The predicted octanol–water partition coefficient (Wildman–Crippen LogP) is 3.29. The molecule has 2 aromatic carbocycles.